The summed E-state index contributed by atoms with van der Waals surface area (Å²) >= 11 is 0. The van der Waals surface area contributed by atoms with Crippen molar-refractivity contribution in [2.45, 2.75) is 20.8 Å². The molecule has 2 aromatic carbocycles. The van der Waals surface area contributed by atoms with Crippen LogP contribution in [0.3, 0.4) is 0 Å². The first-order chi connectivity index (χ1) is 13.4. The predicted molar refractivity (Wildman–Crippen MR) is 109 cm³/mol. The molecular weight excluding hydrogens is 358 g/mol. The van der Waals surface area contributed by atoms with Crippen LogP contribution in [0.2, 0.25) is 0 Å². The predicted octanol–water partition coefficient (Wildman–Crippen LogP) is 4.81. The van der Waals surface area contributed by atoms with E-state index in [1.165, 1.54) is 0 Å². The number of ether oxygens (including phenoxy) is 1. The number of para-hydroxylation sites is 1. The number of hydrogen-bond donors (Lipinski definition) is 2. The summed E-state index contributed by atoms with van der Waals surface area (Å²) in [7, 11) is 1.58. The van der Waals surface area contributed by atoms with Gasteiger partial charge in [-0.15, -0.1) is 0 Å². The summed E-state index contributed by atoms with van der Waals surface area (Å²) in [6.45, 7) is 5.54. The first-order valence-corrected chi connectivity index (χ1v) is 8.66. The number of hydrogen-bond acceptors (Lipinski definition) is 7. The molecule has 3 aromatic rings. The van der Waals surface area contributed by atoms with Gasteiger partial charge in [0, 0.05) is 11.4 Å². The molecule has 0 fully saturated rings. The van der Waals surface area contributed by atoms with Gasteiger partial charge in [0.1, 0.15) is 11.4 Å². The zero-order valence-electron chi connectivity index (χ0n) is 16.1. The number of nitrogens with zero attached hydrogens (tertiary/aromatic N) is 3. The van der Waals surface area contributed by atoms with Crippen molar-refractivity contribution in [1.82, 2.24) is 9.97 Å². The second kappa shape index (κ2) is 7.91. The molecule has 3 rings (SSSR count). The molecule has 1 aromatic heterocycles. The molecule has 0 atom stereocenters. The summed E-state index contributed by atoms with van der Waals surface area (Å²) in [4.78, 5) is 19.7. The van der Waals surface area contributed by atoms with Crippen LogP contribution in [0.4, 0.5) is 28.8 Å². The highest BCUT2D eigenvalue weighted by Crippen LogP contribution is 2.31. The van der Waals surface area contributed by atoms with Crippen LogP contribution >= 0.6 is 0 Å². The Kier molecular flexibility index (Phi) is 5.39. The maximum absolute atomic E-state index is 11.6. The van der Waals surface area contributed by atoms with E-state index < -0.39 is 4.92 Å². The van der Waals surface area contributed by atoms with Crippen molar-refractivity contribution in [2.24, 2.45) is 0 Å². The molecule has 144 valence electrons. The van der Waals surface area contributed by atoms with E-state index in [1.807, 2.05) is 32.0 Å². The minimum atomic E-state index is -0.482. The molecule has 0 bridgehead atoms. The van der Waals surface area contributed by atoms with E-state index >= 15 is 0 Å². The van der Waals surface area contributed by atoms with Crippen LogP contribution in [0, 0.1) is 30.9 Å². The van der Waals surface area contributed by atoms with Gasteiger partial charge in [0.15, 0.2) is 0 Å². The molecule has 8 heteroatoms. The molecule has 0 spiro atoms. The Morgan fingerprint density at radius 2 is 1.61 bits per heavy atom. The minimum Gasteiger partial charge on any atom is -0.497 e. The van der Waals surface area contributed by atoms with Gasteiger partial charge in [0.2, 0.25) is 11.8 Å². The van der Waals surface area contributed by atoms with Crippen LogP contribution in [-0.2, 0) is 0 Å². The third-order valence-electron chi connectivity index (χ3n) is 4.31. The number of rotatable bonds is 6. The van der Waals surface area contributed by atoms with E-state index in [2.05, 4.69) is 20.6 Å². The fourth-order valence-corrected chi connectivity index (χ4v) is 2.86. The van der Waals surface area contributed by atoms with E-state index in [9.17, 15) is 10.1 Å². The van der Waals surface area contributed by atoms with Crippen LogP contribution in [0.15, 0.2) is 42.5 Å². The highest BCUT2D eigenvalue weighted by Gasteiger charge is 2.22. The first-order valence-electron chi connectivity index (χ1n) is 8.66. The second-order valence-electron chi connectivity index (χ2n) is 6.33. The van der Waals surface area contributed by atoms with E-state index in [0.717, 1.165) is 16.8 Å². The normalized spacial score (nSPS) is 10.4. The largest absolute Gasteiger partial charge is 0.497 e. The highest BCUT2D eigenvalue weighted by atomic mass is 16.6. The Morgan fingerprint density at radius 1 is 0.964 bits per heavy atom. The highest BCUT2D eigenvalue weighted by molar-refractivity contribution is 5.70. The molecule has 28 heavy (non-hydrogen) atoms. The van der Waals surface area contributed by atoms with E-state index in [1.54, 1.807) is 38.3 Å². The average Bonchev–Trinajstić information content (AvgIpc) is 2.65. The van der Waals surface area contributed by atoms with Crippen molar-refractivity contribution in [3.05, 3.63) is 69.4 Å². The van der Waals surface area contributed by atoms with Crippen molar-refractivity contribution in [2.75, 3.05) is 17.7 Å². The quantitative estimate of drug-likeness (QED) is 0.468. The Labute approximate surface area is 162 Å². The number of aromatic nitrogens is 2. The maximum atomic E-state index is 11.6. The number of benzene rings is 2. The Morgan fingerprint density at radius 3 is 2.18 bits per heavy atom. The molecule has 0 aliphatic carbocycles. The third kappa shape index (κ3) is 4.01. The summed E-state index contributed by atoms with van der Waals surface area (Å²) in [6.07, 6.45) is 0. The standard InChI is InChI=1S/C20H21N5O3/c1-12-6-5-7-13(2)17(12)23-20-21-14(3)18(25(26)27)19(24-20)22-15-8-10-16(28-4)11-9-15/h5-11H,1-4H3,(H2,21,22,23,24). The number of methoxy groups -OCH3 is 1. The lowest BCUT2D eigenvalue weighted by Gasteiger charge is -2.14. The van der Waals surface area contributed by atoms with Crippen LogP contribution < -0.4 is 15.4 Å². The van der Waals surface area contributed by atoms with Crippen molar-refractivity contribution < 1.29 is 9.66 Å². The number of nitro groups is 1. The second-order valence-corrected chi connectivity index (χ2v) is 6.33. The lowest BCUT2D eigenvalue weighted by Crippen LogP contribution is -2.08. The molecule has 0 aliphatic heterocycles. The monoisotopic (exact) mass is 379 g/mol. The molecule has 0 aliphatic rings. The summed E-state index contributed by atoms with van der Waals surface area (Å²) in [5.74, 6) is 1.10. The molecule has 1 heterocycles. The van der Waals surface area contributed by atoms with Crippen molar-refractivity contribution in [3.63, 3.8) is 0 Å². The van der Waals surface area contributed by atoms with E-state index in [4.69, 9.17) is 4.74 Å². The molecule has 0 unspecified atom stereocenters. The molecule has 0 saturated carbocycles. The summed E-state index contributed by atoms with van der Waals surface area (Å²) in [6, 6.07) is 13.0. The van der Waals surface area contributed by atoms with Crippen molar-refractivity contribution in [1.29, 1.82) is 0 Å². The summed E-state index contributed by atoms with van der Waals surface area (Å²) in [5.41, 5.74) is 3.70. The van der Waals surface area contributed by atoms with Gasteiger partial charge in [0.05, 0.1) is 12.0 Å². The number of nitrogens with one attached hydrogen (secondary N) is 2. The number of aryl methyl sites for hydroxylation is 3. The lowest BCUT2D eigenvalue weighted by atomic mass is 10.1. The average molecular weight is 379 g/mol. The van der Waals surface area contributed by atoms with Crippen LogP contribution in [0.5, 0.6) is 5.75 Å². The first kappa shape index (κ1) is 19.1. The van der Waals surface area contributed by atoms with Gasteiger partial charge in [-0.1, -0.05) is 18.2 Å². The summed E-state index contributed by atoms with van der Waals surface area (Å²) < 4.78 is 5.14. The molecule has 0 amide bonds. The zero-order valence-corrected chi connectivity index (χ0v) is 16.1. The SMILES string of the molecule is COc1ccc(Nc2nc(Nc3c(C)cccc3C)nc(C)c2[N+](=O)[O-])cc1. The van der Waals surface area contributed by atoms with Gasteiger partial charge in [-0.05, 0) is 56.2 Å². The fourth-order valence-electron chi connectivity index (χ4n) is 2.86. The van der Waals surface area contributed by atoms with Crippen LogP contribution in [-0.4, -0.2) is 22.0 Å². The minimum absolute atomic E-state index is 0.122. The Hall–Kier alpha value is -3.68. The molecule has 0 saturated heterocycles. The fraction of sp³-hybridized carbons (Fsp3) is 0.200. The third-order valence-corrected chi connectivity index (χ3v) is 4.31. The van der Waals surface area contributed by atoms with Gasteiger partial charge in [-0.3, -0.25) is 10.1 Å². The zero-order chi connectivity index (χ0) is 20.3. The van der Waals surface area contributed by atoms with E-state index in [0.29, 0.717) is 11.4 Å². The number of anilines is 4. The van der Waals surface area contributed by atoms with Gasteiger partial charge >= 0.3 is 5.69 Å². The van der Waals surface area contributed by atoms with Crippen LogP contribution in [0.1, 0.15) is 16.8 Å². The van der Waals surface area contributed by atoms with Gasteiger partial charge in [-0.25, -0.2) is 4.98 Å². The van der Waals surface area contributed by atoms with Gasteiger partial charge in [-0.2, -0.15) is 4.98 Å². The molecule has 2 N–H and O–H groups in total. The van der Waals surface area contributed by atoms with Gasteiger partial charge < -0.3 is 15.4 Å². The van der Waals surface area contributed by atoms with Crippen molar-refractivity contribution >= 4 is 28.8 Å². The molecule has 8 nitrogen and oxygen atoms in total. The maximum Gasteiger partial charge on any atom is 0.332 e. The van der Waals surface area contributed by atoms with Crippen molar-refractivity contribution in [3.8, 4) is 5.75 Å². The lowest BCUT2D eigenvalue weighted by molar-refractivity contribution is -0.385. The molecular formula is C20H21N5O3. The Bertz CT molecular complexity index is 999. The van der Waals surface area contributed by atoms with Crippen LogP contribution in [0.25, 0.3) is 0 Å². The smallest absolute Gasteiger partial charge is 0.332 e. The van der Waals surface area contributed by atoms with E-state index in [-0.39, 0.29) is 23.1 Å². The summed E-state index contributed by atoms with van der Waals surface area (Å²) in [5, 5.41) is 17.8. The Balaban J connectivity index is 2.00. The topological polar surface area (TPSA) is 102 Å². The van der Waals surface area contributed by atoms with Gasteiger partial charge in [0.25, 0.3) is 0 Å². The molecule has 0 radical (unpaired) electrons.